The second-order valence-corrected chi connectivity index (χ2v) is 2.03. The number of rotatable bonds is 0. The van der Waals surface area contributed by atoms with E-state index in [1.165, 1.54) is 0 Å². The van der Waals surface area contributed by atoms with Crippen LogP contribution in [-0.4, -0.2) is 25.2 Å². The molecule has 0 unspecified atom stereocenters. The third-order valence-corrected chi connectivity index (χ3v) is 1.19. The summed E-state index contributed by atoms with van der Waals surface area (Å²) >= 11 is 0. The summed E-state index contributed by atoms with van der Waals surface area (Å²) in [6.45, 7) is 3.02. The average Bonchev–Trinajstić information content (AvgIpc) is 1.77. The maximum Gasteiger partial charge on any atom is 0.336 e. The lowest BCUT2D eigenvalue weighted by Crippen LogP contribution is -2.92. The zero-order valence-electron chi connectivity index (χ0n) is 4.89. The molecule has 46 valence electrons. The topological polar surface area (TPSA) is 42.9 Å². The first-order valence-electron chi connectivity index (χ1n) is 2.76. The van der Waals surface area contributed by atoms with E-state index in [4.69, 9.17) is 4.74 Å². The molecular formula is C5H10NO2+. The van der Waals surface area contributed by atoms with Gasteiger partial charge in [-0.05, 0) is 6.92 Å². The maximum atomic E-state index is 10.4. The first-order chi connectivity index (χ1) is 3.79. The van der Waals surface area contributed by atoms with Crippen molar-refractivity contribution in [1.29, 1.82) is 0 Å². The van der Waals surface area contributed by atoms with E-state index < -0.39 is 0 Å². The van der Waals surface area contributed by atoms with Crippen molar-refractivity contribution in [2.24, 2.45) is 0 Å². The van der Waals surface area contributed by atoms with Crippen LogP contribution < -0.4 is 5.32 Å². The Morgan fingerprint density at radius 1 is 1.88 bits per heavy atom. The largest absolute Gasteiger partial charge is 0.358 e. The Balaban J connectivity index is 2.29. The molecule has 3 heteroatoms. The summed E-state index contributed by atoms with van der Waals surface area (Å²) in [6.07, 6.45) is 0.243. The first-order valence-corrected chi connectivity index (χ1v) is 2.76. The summed E-state index contributed by atoms with van der Waals surface area (Å²) in [7, 11) is 0. The van der Waals surface area contributed by atoms with Crippen molar-refractivity contribution in [3.05, 3.63) is 0 Å². The van der Waals surface area contributed by atoms with E-state index in [1.54, 1.807) is 5.32 Å². The molecule has 1 fully saturated rings. The number of morpholine rings is 1. The van der Waals surface area contributed by atoms with Crippen LogP contribution >= 0.6 is 0 Å². The Hall–Kier alpha value is -0.410. The molecule has 1 heterocycles. The van der Waals surface area contributed by atoms with Gasteiger partial charge in [-0.1, -0.05) is 0 Å². The molecule has 1 amide bonds. The number of hydrogen-bond acceptors (Lipinski definition) is 2. The fourth-order valence-corrected chi connectivity index (χ4v) is 0.649. The number of nitrogens with two attached hydrogens (primary N) is 1. The number of primary amides is 1. The average molecular weight is 116 g/mol. The minimum Gasteiger partial charge on any atom is -0.358 e. The highest BCUT2D eigenvalue weighted by molar-refractivity contribution is 5.67. The van der Waals surface area contributed by atoms with Gasteiger partial charge in [-0.15, -0.1) is 0 Å². The highest BCUT2D eigenvalue weighted by Gasteiger charge is 2.17. The van der Waals surface area contributed by atoms with Crippen LogP contribution in [0.4, 0.5) is 0 Å². The number of quaternary nitrogens is 1. The standard InChI is InChI=1S/C5H9NO2/c1-4-2-6-5(7)3-8-4/h4H,2-3H2,1H3,(H,6,7)/p+1/t4-/m0/s1. The zero-order valence-corrected chi connectivity index (χ0v) is 4.89. The van der Waals surface area contributed by atoms with Gasteiger partial charge in [-0.2, -0.15) is 0 Å². The van der Waals surface area contributed by atoms with E-state index in [2.05, 4.69) is 0 Å². The number of ether oxygens (including phenoxy) is 1. The van der Waals surface area contributed by atoms with Gasteiger partial charge in [0.25, 0.3) is 0 Å². The van der Waals surface area contributed by atoms with Gasteiger partial charge in [-0.3, -0.25) is 5.32 Å². The van der Waals surface area contributed by atoms with E-state index in [0.29, 0.717) is 0 Å². The van der Waals surface area contributed by atoms with Crippen LogP contribution in [-0.2, 0) is 9.53 Å². The summed E-state index contributed by atoms with van der Waals surface area (Å²) in [5, 5.41) is 1.69. The molecule has 0 spiro atoms. The van der Waals surface area contributed by atoms with Gasteiger partial charge in [0.05, 0.1) is 0 Å². The van der Waals surface area contributed by atoms with E-state index >= 15 is 0 Å². The molecule has 0 aliphatic carbocycles. The Labute approximate surface area is 48.0 Å². The lowest BCUT2D eigenvalue weighted by atomic mass is 10.3. The Morgan fingerprint density at radius 2 is 2.62 bits per heavy atom. The second-order valence-electron chi connectivity index (χ2n) is 2.03. The molecule has 1 rings (SSSR count). The van der Waals surface area contributed by atoms with Gasteiger partial charge in [0.2, 0.25) is 0 Å². The lowest BCUT2D eigenvalue weighted by molar-refractivity contribution is -0.589. The van der Waals surface area contributed by atoms with Crippen LogP contribution in [0.1, 0.15) is 6.92 Å². The molecule has 1 aliphatic heterocycles. The van der Waals surface area contributed by atoms with Crippen molar-refractivity contribution in [1.82, 2.24) is 0 Å². The zero-order chi connectivity index (χ0) is 5.98. The lowest BCUT2D eigenvalue weighted by Gasteiger charge is -2.14. The van der Waals surface area contributed by atoms with E-state index in [-0.39, 0.29) is 18.6 Å². The van der Waals surface area contributed by atoms with Gasteiger partial charge in [0.15, 0.2) is 6.61 Å². The Bertz CT molecular complexity index is 92.6. The smallest absolute Gasteiger partial charge is 0.336 e. The van der Waals surface area contributed by atoms with Gasteiger partial charge in [0.1, 0.15) is 12.6 Å². The van der Waals surface area contributed by atoms with Crippen LogP contribution in [0.5, 0.6) is 0 Å². The van der Waals surface area contributed by atoms with E-state index in [0.717, 1.165) is 6.54 Å². The van der Waals surface area contributed by atoms with E-state index in [1.807, 2.05) is 6.92 Å². The van der Waals surface area contributed by atoms with Crippen LogP contribution in [0.25, 0.3) is 0 Å². The van der Waals surface area contributed by atoms with Gasteiger partial charge in [-0.25, -0.2) is 4.79 Å². The van der Waals surface area contributed by atoms with Crippen molar-refractivity contribution in [2.75, 3.05) is 13.2 Å². The Kier molecular flexibility index (Phi) is 1.60. The molecule has 8 heavy (non-hydrogen) atoms. The number of carbonyl (C=O) groups is 1. The normalized spacial score (nSPS) is 30.6. The summed E-state index contributed by atoms with van der Waals surface area (Å²) in [5.41, 5.74) is 0. The highest BCUT2D eigenvalue weighted by Crippen LogP contribution is 1.87. The fraction of sp³-hybridized carbons (Fsp3) is 0.800. The van der Waals surface area contributed by atoms with Crippen molar-refractivity contribution >= 4 is 5.91 Å². The molecule has 0 aromatic carbocycles. The number of hydrogen-bond donors (Lipinski definition) is 1. The van der Waals surface area contributed by atoms with E-state index in [9.17, 15) is 4.79 Å². The molecule has 3 nitrogen and oxygen atoms in total. The molecule has 0 aromatic heterocycles. The molecular weight excluding hydrogens is 106 g/mol. The molecule has 0 aromatic rings. The van der Waals surface area contributed by atoms with Gasteiger partial charge >= 0.3 is 5.91 Å². The first kappa shape index (κ1) is 5.72. The Morgan fingerprint density at radius 3 is 3.00 bits per heavy atom. The highest BCUT2D eigenvalue weighted by atomic mass is 16.5. The molecule has 1 saturated heterocycles. The van der Waals surface area contributed by atoms with Crippen molar-refractivity contribution in [3.8, 4) is 0 Å². The molecule has 0 bridgehead atoms. The predicted molar refractivity (Wildman–Crippen MR) is 27.2 cm³/mol. The fourth-order valence-electron chi connectivity index (χ4n) is 0.649. The monoisotopic (exact) mass is 116 g/mol. The minimum absolute atomic E-state index is 0.114. The van der Waals surface area contributed by atoms with Crippen molar-refractivity contribution in [2.45, 2.75) is 13.0 Å². The van der Waals surface area contributed by atoms with Gasteiger partial charge < -0.3 is 4.74 Å². The SMILES string of the molecule is C[C@H]1C[NH2+]C(=O)CO1. The number of carbonyl (C=O) groups excluding carboxylic acids is 1. The third-order valence-electron chi connectivity index (χ3n) is 1.19. The second kappa shape index (κ2) is 2.24. The summed E-state index contributed by atoms with van der Waals surface area (Å²) < 4.78 is 5.01. The molecule has 0 radical (unpaired) electrons. The van der Waals surface area contributed by atoms with Crippen molar-refractivity contribution < 1.29 is 14.8 Å². The summed E-state index contributed by atoms with van der Waals surface area (Å²) in [4.78, 5) is 10.4. The van der Waals surface area contributed by atoms with Crippen LogP contribution in [0.15, 0.2) is 0 Å². The number of amides is 1. The predicted octanol–water partition coefficient (Wildman–Crippen LogP) is -1.50. The van der Waals surface area contributed by atoms with Crippen LogP contribution in [0, 0.1) is 0 Å². The molecule has 1 aliphatic rings. The molecule has 1 atom stereocenters. The van der Waals surface area contributed by atoms with Crippen molar-refractivity contribution in [3.63, 3.8) is 0 Å². The molecule has 0 saturated carbocycles. The third kappa shape index (κ3) is 1.28. The van der Waals surface area contributed by atoms with Gasteiger partial charge in [0, 0.05) is 0 Å². The molecule has 2 N–H and O–H groups in total. The summed E-state index contributed by atoms with van der Waals surface area (Å²) in [5.74, 6) is 0.114. The quantitative estimate of drug-likeness (QED) is 0.418. The minimum atomic E-state index is 0.114. The summed E-state index contributed by atoms with van der Waals surface area (Å²) in [6, 6.07) is 0. The maximum absolute atomic E-state index is 10.4. The van der Waals surface area contributed by atoms with Crippen LogP contribution in [0.3, 0.4) is 0 Å². The van der Waals surface area contributed by atoms with Crippen LogP contribution in [0.2, 0.25) is 0 Å².